The van der Waals surface area contributed by atoms with Crippen LogP contribution in [0.15, 0.2) is 0 Å². The van der Waals surface area contributed by atoms with Gasteiger partial charge in [0, 0.05) is 19.6 Å². The SMILES string of the molecule is COC[C@H]1CC[C@H]2[C@H](CC[C@@H]3[C@@H]2CC[C@]2(C)[C@@H](C(N)=O)CC[C@@H]32)C1. The maximum absolute atomic E-state index is 12.0. The van der Waals surface area contributed by atoms with Gasteiger partial charge in [0.2, 0.25) is 5.91 Å². The summed E-state index contributed by atoms with van der Waals surface area (Å²) in [5.41, 5.74) is 5.96. The molecular formula is C21H35NO2. The largest absolute Gasteiger partial charge is 0.384 e. The van der Waals surface area contributed by atoms with Gasteiger partial charge in [-0.05, 0) is 98.7 Å². The van der Waals surface area contributed by atoms with E-state index in [1.807, 2.05) is 7.11 Å². The van der Waals surface area contributed by atoms with Crippen molar-refractivity contribution >= 4 is 5.91 Å². The fourth-order valence-corrected chi connectivity index (χ4v) is 7.80. The van der Waals surface area contributed by atoms with E-state index in [2.05, 4.69) is 6.92 Å². The third-order valence-electron chi connectivity index (χ3n) is 8.81. The van der Waals surface area contributed by atoms with Crippen LogP contribution in [-0.2, 0) is 9.53 Å². The molecule has 0 aromatic heterocycles. The summed E-state index contributed by atoms with van der Waals surface area (Å²) in [6.07, 6.45) is 11.9. The van der Waals surface area contributed by atoms with Crippen molar-refractivity contribution in [3.8, 4) is 0 Å². The molecule has 4 aliphatic rings. The molecule has 3 heteroatoms. The first-order chi connectivity index (χ1) is 11.5. The van der Waals surface area contributed by atoms with Crippen molar-refractivity contribution in [2.75, 3.05) is 13.7 Å². The van der Waals surface area contributed by atoms with Gasteiger partial charge in [-0.1, -0.05) is 6.92 Å². The molecular weight excluding hydrogens is 298 g/mol. The van der Waals surface area contributed by atoms with E-state index in [9.17, 15) is 4.79 Å². The fraction of sp³-hybridized carbons (Fsp3) is 0.952. The monoisotopic (exact) mass is 333 g/mol. The Balaban J connectivity index is 1.49. The number of amides is 1. The molecule has 0 heterocycles. The van der Waals surface area contributed by atoms with Gasteiger partial charge in [-0.2, -0.15) is 0 Å². The molecule has 0 radical (unpaired) electrons. The van der Waals surface area contributed by atoms with Crippen LogP contribution >= 0.6 is 0 Å². The summed E-state index contributed by atoms with van der Waals surface area (Å²) in [7, 11) is 1.85. The molecule has 0 spiro atoms. The molecule has 24 heavy (non-hydrogen) atoms. The van der Waals surface area contributed by atoms with E-state index in [0.717, 1.165) is 48.5 Å². The molecule has 0 saturated heterocycles. The molecule has 0 unspecified atom stereocenters. The maximum Gasteiger partial charge on any atom is 0.221 e. The van der Waals surface area contributed by atoms with Crippen molar-refractivity contribution in [2.24, 2.45) is 52.6 Å². The van der Waals surface area contributed by atoms with E-state index in [1.54, 1.807) is 0 Å². The van der Waals surface area contributed by atoms with Crippen LogP contribution in [0.4, 0.5) is 0 Å². The Kier molecular flexibility index (Phi) is 4.43. The number of hydrogen-bond donors (Lipinski definition) is 1. The number of carbonyl (C=O) groups is 1. The van der Waals surface area contributed by atoms with Crippen LogP contribution < -0.4 is 5.73 Å². The summed E-state index contributed by atoms with van der Waals surface area (Å²) in [6.45, 7) is 3.34. The lowest BCUT2D eigenvalue weighted by atomic mass is 9.49. The zero-order valence-corrected chi connectivity index (χ0v) is 15.5. The van der Waals surface area contributed by atoms with Crippen LogP contribution in [0.5, 0.6) is 0 Å². The summed E-state index contributed by atoms with van der Waals surface area (Å²) in [5.74, 6) is 5.35. The third-order valence-corrected chi connectivity index (χ3v) is 8.81. The minimum absolute atomic E-state index is 0.0350. The Morgan fingerprint density at radius 3 is 2.58 bits per heavy atom. The van der Waals surface area contributed by atoms with Crippen molar-refractivity contribution in [2.45, 2.75) is 64.7 Å². The van der Waals surface area contributed by atoms with E-state index < -0.39 is 0 Å². The summed E-state index contributed by atoms with van der Waals surface area (Å²) in [4.78, 5) is 12.0. The van der Waals surface area contributed by atoms with Gasteiger partial charge in [-0.25, -0.2) is 0 Å². The number of methoxy groups -OCH3 is 1. The van der Waals surface area contributed by atoms with Crippen LogP contribution in [0.3, 0.4) is 0 Å². The number of carbonyl (C=O) groups excluding carboxylic acids is 1. The zero-order valence-electron chi connectivity index (χ0n) is 15.5. The highest BCUT2D eigenvalue weighted by atomic mass is 16.5. The summed E-state index contributed by atoms with van der Waals surface area (Å²) in [5, 5.41) is 0. The molecule has 0 aromatic carbocycles. The predicted octanol–water partition coefficient (Wildman–Crippen LogP) is 4.00. The molecule has 1 amide bonds. The van der Waals surface area contributed by atoms with Crippen LogP contribution in [-0.4, -0.2) is 19.6 Å². The maximum atomic E-state index is 12.0. The van der Waals surface area contributed by atoms with E-state index in [1.165, 1.54) is 51.4 Å². The van der Waals surface area contributed by atoms with Gasteiger partial charge in [-0.3, -0.25) is 4.79 Å². The Morgan fingerprint density at radius 2 is 1.83 bits per heavy atom. The van der Waals surface area contributed by atoms with Crippen LogP contribution in [0.2, 0.25) is 0 Å². The lowest BCUT2D eigenvalue weighted by Crippen LogP contribution is -2.50. The van der Waals surface area contributed by atoms with E-state index in [0.29, 0.717) is 0 Å². The minimum atomic E-state index is -0.0350. The third kappa shape index (κ3) is 2.53. The Morgan fingerprint density at radius 1 is 1.04 bits per heavy atom. The summed E-state index contributed by atoms with van der Waals surface area (Å²) < 4.78 is 5.43. The first kappa shape index (κ1) is 16.9. The van der Waals surface area contributed by atoms with Crippen LogP contribution in [0.1, 0.15) is 64.7 Å². The summed E-state index contributed by atoms with van der Waals surface area (Å²) in [6, 6.07) is 0. The summed E-state index contributed by atoms with van der Waals surface area (Å²) >= 11 is 0. The molecule has 4 aliphatic carbocycles. The first-order valence-corrected chi connectivity index (χ1v) is 10.3. The van der Waals surface area contributed by atoms with Gasteiger partial charge >= 0.3 is 0 Å². The Labute approximate surface area is 147 Å². The van der Waals surface area contributed by atoms with Crippen molar-refractivity contribution < 1.29 is 9.53 Å². The van der Waals surface area contributed by atoms with Crippen molar-refractivity contribution in [3.63, 3.8) is 0 Å². The minimum Gasteiger partial charge on any atom is -0.384 e. The zero-order chi connectivity index (χ0) is 16.9. The molecule has 2 N–H and O–H groups in total. The lowest BCUT2D eigenvalue weighted by molar-refractivity contribution is -0.129. The predicted molar refractivity (Wildman–Crippen MR) is 95.2 cm³/mol. The normalized spacial score (nSPS) is 50.7. The van der Waals surface area contributed by atoms with E-state index >= 15 is 0 Å². The van der Waals surface area contributed by atoms with Crippen molar-refractivity contribution in [3.05, 3.63) is 0 Å². The van der Waals surface area contributed by atoms with Gasteiger partial charge in [-0.15, -0.1) is 0 Å². The Hall–Kier alpha value is -0.570. The quantitative estimate of drug-likeness (QED) is 0.848. The van der Waals surface area contributed by atoms with Gasteiger partial charge in [0.25, 0.3) is 0 Å². The van der Waals surface area contributed by atoms with E-state index in [4.69, 9.17) is 10.5 Å². The molecule has 3 nitrogen and oxygen atoms in total. The lowest BCUT2D eigenvalue weighted by Gasteiger charge is -2.56. The average Bonchev–Trinajstić information content (AvgIpc) is 2.92. The number of hydrogen-bond acceptors (Lipinski definition) is 2. The topological polar surface area (TPSA) is 52.3 Å². The molecule has 0 bridgehead atoms. The van der Waals surface area contributed by atoms with Crippen molar-refractivity contribution in [1.82, 2.24) is 0 Å². The standard InChI is InChI=1S/C21H35NO2/c1-21-10-9-16-15-5-3-13(12-24-2)11-14(15)4-6-17(16)18(21)7-8-19(21)20(22)23/h13-19H,3-12H2,1-2H3,(H2,22,23)/t13-,14+,15-,16+,17+,18-,19+,21-/m0/s1. The molecule has 136 valence electrons. The van der Waals surface area contributed by atoms with Crippen LogP contribution in [0, 0.1) is 46.8 Å². The fourth-order valence-electron chi connectivity index (χ4n) is 7.80. The number of primary amides is 1. The second-order valence-electron chi connectivity index (χ2n) is 9.65. The van der Waals surface area contributed by atoms with Crippen molar-refractivity contribution in [1.29, 1.82) is 0 Å². The second kappa shape index (κ2) is 6.30. The molecule has 4 saturated carbocycles. The van der Waals surface area contributed by atoms with Gasteiger partial charge in [0.05, 0.1) is 0 Å². The molecule has 4 rings (SSSR count). The first-order valence-electron chi connectivity index (χ1n) is 10.3. The molecule has 4 fully saturated rings. The van der Waals surface area contributed by atoms with Gasteiger partial charge in [0.1, 0.15) is 0 Å². The molecule has 8 atom stereocenters. The Bertz CT molecular complexity index is 492. The number of ether oxygens (including phenoxy) is 1. The number of rotatable bonds is 3. The average molecular weight is 334 g/mol. The number of fused-ring (bicyclic) bond motifs is 5. The number of nitrogens with two attached hydrogens (primary N) is 1. The van der Waals surface area contributed by atoms with Gasteiger partial charge in [0.15, 0.2) is 0 Å². The van der Waals surface area contributed by atoms with Crippen LogP contribution in [0.25, 0.3) is 0 Å². The highest BCUT2D eigenvalue weighted by Crippen LogP contribution is 2.64. The molecule has 0 aromatic rings. The van der Waals surface area contributed by atoms with Gasteiger partial charge < -0.3 is 10.5 Å². The van der Waals surface area contributed by atoms with E-state index in [-0.39, 0.29) is 17.2 Å². The molecule has 0 aliphatic heterocycles. The highest BCUT2D eigenvalue weighted by molar-refractivity contribution is 5.78. The highest BCUT2D eigenvalue weighted by Gasteiger charge is 2.58. The second-order valence-corrected chi connectivity index (χ2v) is 9.65. The smallest absolute Gasteiger partial charge is 0.221 e.